The topological polar surface area (TPSA) is 64.3 Å². The molecule has 0 aromatic heterocycles. The van der Waals surface area contributed by atoms with Gasteiger partial charge in [0.05, 0.1) is 24.0 Å². The molecule has 0 radical (unpaired) electrons. The first-order valence-electron chi connectivity index (χ1n) is 6.37. The largest absolute Gasteiger partial charge is 0.465 e. The molecule has 0 atom stereocenters. The van der Waals surface area contributed by atoms with Gasteiger partial charge >= 0.3 is 5.97 Å². The number of rotatable bonds is 4. The maximum atomic E-state index is 11.6. The molecule has 1 aliphatic rings. The van der Waals surface area contributed by atoms with E-state index in [0.29, 0.717) is 11.3 Å². The van der Waals surface area contributed by atoms with Crippen LogP contribution in [0.2, 0.25) is 0 Å². The Hall–Kier alpha value is -1.71. The first-order valence-corrected chi connectivity index (χ1v) is 6.37. The van der Waals surface area contributed by atoms with E-state index in [-0.39, 0.29) is 5.54 Å². The molecular formula is C14H20N2O2. The van der Waals surface area contributed by atoms with Crippen molar-refractivity contribution in [1.82, 2.24) is 0 Å². The number of nitrogens with two attached hydrogens (primary N) is 1. The zero-order valence-electron chi connectivity index (χ0n) is 11.0. The van der Waals surface area contributed by atoms with E-state index in [1.807, 2.05) is 12.1 Å². The first kappa shape index (κ1) is 12.7. The average molecular weight is 248 g/mol. The highest BCUT2D eigenvalue weighted by Crippen LogP contribution is 2.39. The Bertz CT molecular complexity index is 448. The highest BCUT2D eigenvalue weighted by Gasteiger charge is 2.35. The van der Waals surface area contributed by atoms with E-state index in [1.54, 1.807) is 6.07 Å². The quantitative estimate of drug-likeness (QED) is 0.635. The Labute approximate surface area is 108 Å². The summed E-state index contributed by atoms with van der Waals surface area (Å²) in [6, 6.07) is 5.43. The van der Waals surface area contributed by atoms with Crippen LogP contribution in [-0.4, -0.2) is 18.6 Å². The Morgan fingerprint density at radius 2 is 2.22 bits per heavy atom. The average Bonchev–Trinajstić information content (AvgIpc) is 2.35. The molecule has 1 aromatic carbocycles. The van der Waals surface area contributed by atoms with Crippen molar-refractivity contribution < 1.29 is 9.53 Å². The van der Waals surface area contributed by atoms with Gasteiger partial charge in [-0.25, -0.2) is 4.79 Å². The van der Waals surface area contributed by atoms with Crippen LogP contribution in [0, 0.1) is 0 Å². The van der Waals surface area contributed by atoms with Gasteiger partial charge in [0, 0.05) is 5.54 Å². The molecule has 2 rings (SSSR count). The van der Waals surface area contributed by atoms with Crippen molar-refractivity contribution in [3.05, 3.63) is 23.8 Å². The summed E-state index contributed by atoms with van der Waals surface area (Å²) in [4.78, 5) is 11.6. The summed E-state index contributed by atoms with van der Waals surface area (Å²) < 4.78 is 4.72. The van der Waals surface area contributed by atoms with Gasteiger partial charge in [-0.1, -0.05) is 13.0 Å². The van der Waals surface area contributed by atoms with Gasteiger partial charge in [0.2, 0.25) is 0 Å². The van der Waals surface area contributed by atoms with Crippen LogP contribution in [0.4, 0.5) is 11.4 Å². The second-order valence-electron chi connectivity index (χ2n) is 4.87. The highest BCUT2D eigenvalue weighted by molar-refractivity contribution is 5.98. The van der Waals surface area contributed by atoms with Crippen molar-refractivity contribution >= 4 is 17.3 Å². The minimum atomic E-state index is -0.393. The Morgan fingerprint density at radius 3 is 2.72 bits per heavy atom. The molecular weight excluding hydrogens is 228 g/mol. The molecule has 0 aliphatic heterocycles. The number of esters is 1. The third-order valence-corrected chi connectivity index (χ3v) is 3.90. The third-order valence-electron chi connectivity index (χ3n) is 3.90. The summed E-state index contributed by atoms with van der Waals surface area (Å²) in [6.45, 7) is 2.17. The lowest BCUT2D eigenvalue weighted by Gasteiger charge is -2.43. The second-order valence-corrected chi connectivity index (χ2v) is 4.87. The maximum absolute atomic E-state index is 11.6. The third kappa shape index (κ3) is 2.15. The molecule has 98 valence electrons. The summed E-state index contributed by atoms with van der Waals surface area (Å²) in [5.74, 6) is -0.393. The number of nitrogen functional groups attached to an aromatic ring is 1. The van der Waals surface area contributed by atoms with Crippen molar-refractivity contribution in [3.63, 3.8) is 0 Å². The van der Waals surface area contributed by atoms with Gasteiger partial charge in [0.15, 0.2) is 0 Å². The van der Waals surface area contributed by atoms with Gasteiger partial charge in [-0.15, -0.1) is 0 Å². The molecule has 1 saturated carbocycles. The molecule has 0 saturated heterocycles. The van der Waals surface area contributed by atoms with Crippen molar-refractivity contribution in [1.29, 1.82) is 0 Å². The number of nitrogens with one attached hydrogen (secondary N) is 1. The van der Waals surface area contributed by atoms with E-state index < -0.39 is 5.97 Å². The lowest BCUT2D eigenvalue weighted by Crippen LogP contribution is -2.44. The normalized spacial score (nSPS) is 16.8. The van der Waals surface area contributed by atoms with Crippen LogP contribution in [0.25, 0.3) is 0 Å². The second kappa shape index (κ2) is 4.88. The molecule has 0 spiro atoms. The lowest BCUT2D eigenvalue weighted by atomic mass is 9.74. The number of anilines is 2. The molecule has 0 unspecified atom stereocenters. The fourth-order valence-electron chi connectivity index (χ4n) is 2.42. The molecule has 18 heavy (non-hydrogen) atoms. The summed E-state index contributed by atoms with van der Waals surface area (Å²) >= 11 is 0. The van der Waals surface area contributed by atoms with Crippen LogP contribution in [0.3, 0.4) is 0 Å². The number of para-hydroxylation sites is 1. The smallest absolute Gasteiger partial charge is 0.340 e. The number of hydrogen-bond acceptors (Lipinski definition) is 4. The fourth-order valence-corrected chi connectivity index (χ4v) is 2.42. The summed E-state index contributed by atoms with van der Waals surface area (Å²) in [7, 11) is 1.36. The minimum Gasteiger partial charge on any atom is -0.465 e. The van der Waals surface area contributed by atoms with Crippen LogP contribution in [-0.2, 0) is 4.74 Å². The van der Waals surface area contributed by atoms with Gasteiger partial charge in [-0.05, 0) is 37.8 Å². The molecule has 0 bridgehead atoms. The van der Waals surface area contributed by atoms with E-state index in [1.165, 1.54) is 13.5 Å². The monoisotopic (exact) mass is 248 g/mol. The fraction of sp³-hybridized carbons (Fsp3) is 0.500. The van der Waals surface area contributed by atoms with Crippen LogP contribution in [0.15, 0.2) is 18.2 Å². The van der Waals surface area contributed by atoms with Crippen molar-refractivity contribution in [2.45, 2.75) is 38.1 Å². The van der Waals surface area contributed by atoms with Crippen LogP contribution >= 0.6 is 0 Å². The van der Waals surface area contributed by atoms with E-state index in [4.69, 9.17) is 10.5 Å². The molecule has 1 aromatic rings. The zero-order chi connectivity index (χ0) is 13.2. The molecule has 4 heteroatoms. The SMILES string of the molecule is CCC1(Nc2cccc(C(=O)OC)c2N)CCC1. The predicted molar refractivity (Wildman–Crippen MR) is 72.7 cm³/mol. The van der Waals surface area contributed by atoms with E-state index >= 15 is 0 Å². The molecule has 0 amide bonds. The molecule has 0 heterocycles. The van der Waals surface area contributed by atoms with Gasteiger partial charge < -0.3 is 15.8 Å². The van der Waals surface area contributed by atoms with Gasteiger partial charge in [-0.3, -0.25) is 0 Å². The molecule has 4 nitrogen and oxygen atoms in total. The van der Waals surface area contributed by atoms with Crippen molar-refractivity contribution in [3.8, 4) is 0 Å². The first-order chi connectivity index (χ1) is 8.62. The summed E-state index contributed by atoms with van der Waals surface area (Å²) in [6.07, 6.45) is 4.63. The number of ether oxygens (including phenoxy) is 1. The maximum Gasteiger partial charge on any atom is 0.340 e. The predicted octanol–water partition coefficient (Wildman–Crippen LogP) is 2.80. The van der Waals surface area contributed by atoms with Gasteiger partial charge in [-0.2, -0.15) is 0 Å². The highest BCUT2D eigenvalue weighted by atomic mass is 16.5. The van der Waals surface area contributed by atoms with Crippen LogP contribution in [0.1, 0.15) is 43.0 Å². The van der Waals surface area contributed by atoms with Crippen molar-refractivity contribution in [2.24, 2.45) is 0 Å². The minimum absolute atomic E-state index is 0.156. The molecule has 3 N–H and O–H groups in total. The van der Waals surface area contributed by atoms with E-state index in [9.17, 15) is 4.79 Å². The zero-order valence-corrected chi connectivity index (χ0v) is 11.0. The Balaban J connectivity index is 2.26. The Morgan fingerprint density at radius 1 is 1.50 bits per heavy atom. The summed E-state index contributed by atoms with van der Waals surface area (Å²) in [5, 5.41) is 3.50. The van der Waals surface area contributed by atoms with E-state index in [2.05, 4.69) is 12.2 Å². The Kier molecular flexibility index (Phi) is 3.45. The van der Waals surface area contributed by atoms with E-state index in [0.717, 1.165) is 24.9 Å². The number of methoxy groups -OCH3 is 1. The van der Waals surface area contributed by atoms with Crippen molar-refractivity contribution in [2.75, 3.05) is 18.2 Å². The number of carbonyl (C=O) groups excluding carboxylic acids is 1. The summed E-state index contributed by atoms with van der Waals surface area (Å²) in [5.41, 5.74) is 7.93. The number of hydrogen-bond donors (Lipinski definition) is 2. The van der Waals surface area contributed by atoms with Crippen LogP contribution < -0.4 is 11.1 Å². The standard InChI is InChI=1S/C14H20N2O2/c1-3-14(8-5-9-14)16-11-7-4-6-10(12(11)15)13(17)18-2/h4,6-7,16H,3,5,8-9,15H2,1-2H3. The number of carbonyl (C=O) groups is 1. The van der Waals surface area contributed by atoms with Gasteiger partial charge in [0.25, 0.3) is 0 Å². The lowest BCUT2D eigenvalue weighted by molar-refractivity contribution is 0.0602. The molecule has 1 fully saturated rings. The number of benzene rings is 1. The van der Waals surface area contributed by atoms with Crippen LogP contribution in [0.5, 0.6) is 0 Å². The molecule has 1 aliphatic carbocycles. The van der Waals surface area contributed by atoms with Gasteiger partial charge in [0.1, 0.15) is 0 Å².